The maximum absolute atomic E-state index is 13.5. The van der Waals surface area contributed by atoms with Gasteiger partial charge in [0.05, 0.1) is 17.6 Å². The highest BCUT2D eigenvalue weighted by Crippen LogP contribution is 2.26. The van der Waals surface area contributed by atoms with Gasteiger partial charge in [-0.15, -0.1) is 0 Å². The molecule has 1 heterocycles. The van der Waals surface area contributed by atoms with Crippen LogP contribution >= 0.6 is 0 Å². The number of aliphatic carboxylic acids is 1. The molecule has 2 aromatic rings. The van der Waals surface area contributed by atoms with Gasteiger partial charge >= 0.3 is 12.1 Å². The summed E-state index contributed by atoms with van der Waals surface area (Å²) in [4.78, 5) is 53.0. The van der Waals surface area contributed by atoms with E-state index in [9.17, 15) is 24.3 Å². The van der Waals surface area contributed by atoms with Crippen molar-refractivity contribution in [1.82, 2.24) is 9.47 Å². The zero-order valence-electron chi connectivity index (χ0n) is 22.7. The van der Waals surface area contributed by atoms with Crippen molar-refractivity contribution in [3.05, 3.63) is 36.0 Å². The van der Waals surface area contributed by atoms with Crippen molar-refractivity contribution in [2.75, 3.05) is 0 Å². The lowest BCUT2D eigenvalue weighted by atomic mass is 9.95. The number of carbonyl (C=O) groups excluding carboxylic acids is 3. The van der Waals surface area contributed by atoms with E-state index in [2.05, 4.69) is 0 Å². The standard InChI is InChI=1S/C27H40N4O6/c1-8-16(4)22(29)24(33)31(23(32)21(28)15(2)3)20(25(34)35)13-17-14-30(26(36)37-27(5,6)7)19-12-10-9-11-18(17)19/h9-12,14-16,20-22H,8,13,28-29H2,1-7H3,(H,34,35). The number of carbonyl (C=O) groups is 4. The normalized spacial score (nSPS) is 15.2. The van der Waals surface area contributed by atoms with E-state index >= 15 is 0 Å². The van der Waals surface area contributed by atoms with E-state index in [1.807, 2.05) is 6.92 Å². The van der Waals surface area contributed by atoms with Crippen LogP contribution in [-0.2, 0) is 25.5 Å². The zero-order valence-corrected chi connectivity index (χ0v) is 22.7. The maximum atomic E-state index is 13.5. The van der Waals surface area contributed by atoms with Crippen molar-refractivity contribution in [2.24, 2.45) is 23.3 Å². The second kappa shape index (κ2) is 11.9. The Kier molecular flexibility index (Phi) is 9.62. The summed E-state index contributed by atoms with van der Waals surface area (Å²) in [5.41, 5.74) is 12.5. The fourth-order valence-electron chi connectivity index (χ4n) is 3.89. The Morgan fingerprint density at radius 2 is 1.59 bits per heavy atom. The number of nitrogens with two attached hydrogens (primary N) is 2. The van der Waals surface area contributed by atoms with Gasteiger partial charge in [-0.25, -0.2) is 9.59 Å². The van der Waals surface area contributed by atoms with Crippen LogP contribution < -0.4 is 11.5 Å². The molecule has 37 heavy (non-hydrogen) atoms. The van der Waals surface area contributed by atoms with E-state index in [0.29, 0.717) is 27.8 Å². The van der Waals surface area contributed by atoms with Gasteiger partial charge in [-0.05, 0) is 44.2 Å². The summed E-state index contributed by atoms with van der Waals surface area (Å²) in [5, 5.41) is 10.8. The Morgan fingerprint density at radius 3 is 2.11 bits per heavy atom. The number of nitrogens with zero attached hydrogens (tertiary/aromatic N) is 2. The molecule has 10 nitrogen and oxygen atoms in total. The van der Waals surface area contributed by atoms with Gasteiger partial charge in [0.15, 0.2) is 0 Å². The van der Waals surface area contributed by atoms with Crippen molar-refractivity contribution < 1.29 is 29.0 Å². The van der Waals surface area contributed by atoms with Gasteiger partial charge in [-0.2, -0.15) is 0 Å². The summed E-state index contributed by atoms with van der Waals surface area (Å²) in [7, 11) is 0. The Balaban J connectivity index is 2.62. The van der Waals surface area contributed by atoms with E-state index in [1.165, 1.54) is 10.8 Å². The molecule has 0 aliphatic carbocycles. The van der Waals surface area contributed by atoms with Gasteiger partial charge in [-0.3, -0.25) is 19.1 Å². The number of carboxylic acid groups (broad SMARTS) is 1. The molecule has 0 radical (unpaired) electrons. The Hall–Kier alpha value is -3.24. The molecule has 2 rings (SSSR count). The van der Waals surface area contributed by atoms with Gasteiger partial charge in [-0.1, -0.05) is 52.3 Å². The third-order valence-corrected chi connectivity index (χ3v) is 6.42. The summed E-state index contributed by atoms with van der Waals surface area (Å²) < 4.78 is 6.80. The summed E-state index contributed by atoms with van der Waals surface area (Å²) in [5.74, 6) is -3.61. The number of carboxylic acids is 1. The van der Waals surface area contributed by atoms with Crippen LogP contribution in [0.15, 0.2) is 30.5 Å². The number of fused-ring (bicyclic) bond motifs is 1. The van der Waals surface area contributed by atoms with Crippen LogP contribution in [-0.4, -0.2) is 62.2 Å². The Morgan fingerprint density at radius 1 is 1.03 bits per heavy atom. The molecule has 1 aromatic heterocycles. The summed E-state index contributed by atoms with van der Waals surface area (Å²) in [6, 6.07) is 3.17. The van der Waals surface area contributed by atoms with E-state index in [4.69, 9.17) is 16.2 Å². The zero-order chi connectivity index (χ0) is 28.2. The van der Waals surface area contributed by atoms with Crippen LogP contribution in [0.25, 0.3) is 10.9 Å². The SMILES string of the molecule is CCC(C)C(N)C(=O)N(C(=O)C(N)C(C)C)C(Cc1cn(C(=O)OC(C)(C)C)c2ccccc12)C(=O)O. The minimum Gasteiger partial charge on any atom is -0.480 e. The first kappa shape index (κ1) is 30.0. The average Bonchev–Trinajstić information content (AvgIpc) is 3.19. The topological polar surface area (TPSA) is 158 Å². The summed E-state index contributed by atoms with van der Waals surface area (Å²) >= 11 is 0. The van der Waals surface area contributed by atoms with Crippen molar-refractivity contribution in [1.29, 1.82) is 0 Å². The van der Waals surface area contributed by atoms with Crippen molar-refractivity contribution >= 4 is 34.8 Å². The number of hydrogen-bond donors (Lipinski definition) is 3. The molecule has 1 aromatic carbocycles. The predicted octanol–water partition coefficient (Wildman–Crippen LogP) is 3.13. The van der Waals surface area contributed by atoms with Crippen LogP contribution in [0.3, 0.4) is 0 Å². The lowest BCUT2D eigenvalue weighted by molar-refractivity contribution is -0.160. The monoisotopic (exact) mass is 516 g/mol. The minimum absolute atomic E-state index is 0.249. The molecule has 0 saturated carbocycles. The number of benzene rings is 1. The molecule has 5 N–H and O–H groups in total. The molecule has 0 fully saturated rings. The highest BCUT2D eigenvalue weighted by Gasteiger charge is 2.41. The fourth-order valence-corrected chi connectivity index (χ4v) is 3.89. The molecule has 0 spiro atoms. The molecule has 0 saturated heterocycles. The highest BCUT2D eigenvalue weighted by molar-refractivity contribution is 6.03. The molecule has 0 aliphatic heterocycles. The number of rotatable bonds is 9. The van der Waals surface area contributed by atoms with Crippen molar-refractivity contribution in [3.63, 3.8) is 0 Å². The maximum Gasteiger partial charge on any atom is 0.419 e. The lowest BCUT2D eigenvalue weighted by Crippen LogP contribution is -2.60. The van der Waals surface area contributed by atoms with E-state index in [-0.39, 0.29) is 18.3 Å². The van der Waals surface area contributed by atoms with Crippen molar-refractivity contribution in [3.8, 4) is 0 Å². The second-order valence-electron chi connectivity index (χ2n) is 10.8. The molecule has 4 unspecified atom stereocenters. The van der Waals surface area contributed by atoms with Crippen LogP contribution in [0.2, 0.25) is 0 Å². The van der Waals surface area contributed by atoms with Gasteiger partial charge in [0, 0.05) is 18.0 Å². The molecule has 4 atom stereocenters. The molecule has 0 bridgehead atoms. The first-order chi connectivity index (χ1) is 17.1. The van der Waals surface area contributed by atoms with Crippen LogP contribution in [0.5, 0.6) is 0 Å². The molecule has 10 heteroatoms. The Labute approximate surface area is 217 Å². The Bertz CT molecular complexity index is 1150. The quantitative estimate of drug-likeness (QED) is 0.458. The lowest BCUT2D eigenvalue weighted by Gasteiger charge is -2.33. The van der Waals surface area contributed by atoms with Gasteiger partial charge in [0.25, 0.3) is 0 Å². The largest absolute Gasteiger partial charge is 0.480 e. The van der Waals surface area contributed by atoms with E-state index < -0.39 is 47.6 Å². The number of ether oxygens (including phenoxy) is 1. The second-order valence-corrected chi connectivity index (χ2v) is 10.8. The predicted molar refractivity (Wildman–Crippen MR) is 141 cm³/mol. The van der Waals surface area contributed by atoms with Gasteiger partial charge in [0.2, 0.25) is 11.8 Å². The first-order valence-corrected chi connectivity index (χ1v) is 12.5. The fraction of sp³-hybridized carbons (Fsp3) is 0.556. The molecule has 204 valence electrons. The average molecular weight is 517 g/mol. The number of para-hydroxylation sites is 1. The highest BCUT2D eigenvalue weighted by atomic mass is 16.6. The van der Waals surface area contributed by atoms with Crippen LogP contribution in [0.4, 0.5) is 4.79 Å². The van der Waals surface area contributed by atoms with E-state index in [0.717, 1.165) is 0 Å². The number of aromatic nitrogens is 1. The van der Waals surface area contributed by atoms with Crippen molar-refractivity contribution in [2.45, 2.75) is 85.0 Å². The third-order valence-electron chi connectivity index (χ3n) is 6.42. The third kappa shape index (κ3) is 6.95. The van der Waals surface area contributed by atoms with Crippen LogP contribution in [0, 0.1) is 11.8 Å². The molecule has 2 amide bonds. The summed E-state index contributed by atoms with van der Waals surface area (Å²) in [6.07, 6.45) is 1.16. The van der Waals surface area contributed by atoms with Gasteiger partial charge in [0.1, 0.15) is 11.6 Å². The van der Waals surface area contributed by atoms with E-state index in [1.54, 1.807) is 65.8 Å². The van der Waals surface area contributed by atoms with Crippen LogP contribution in [0.1, 0.15) is 60.5 Å². The first-order valence-electron chi connectivity index (χ1n) is 12.5. The number of amides is 2. The number of hydrogen-bond acceptors (Lipinski definition) is 7. The summed E-state index contributed by atoms with van der Waals surface area (Å²) in [6.45, 7) is 12.3. The van der Waals surface area contributed by atoms with Gasteiger partial charge < -0.3 is 21.3 Å². The molecular weight excluding hydrogens is 476 g/mol. The minimum atomic E-state index is -1.59. The molecule has 0 aliphatic rings. The smallest absolute Gasteiger partial charge is 0.419 e. The molecular formula is C27H40N4O6. The number of imide groups is 1.